The fourth-order valence-electron chi connectivity index (χ4n) is 4.11. The van der Waals surface area contributed by atoms with Crippen molar-refractivity contribution in [3.63, 3.8) is 0 Å². The summed E-state index contributed by atoms with van der Waals surface area (Å²) in [5.74, 6) is 0.633. The predicted octanol–water partition coefficient (Wildman–Crippen LogP) is 4.89. The first kappa shape index (κ1) is 26.4. The summed E-state index contributed by atoms with van der Waals surface area (Å²) in [5, 5.41) is 16.3. The van der Waals surface area contributed by atoms with Crippen LogP contribution in [0.3, 0.4) is 0 Å². The molecule has 0 N–H and O–H groups in total. The van der Waals surface area contributed by atoms with Crippen LogP contribution in [0.5, 0.6) is 0 Å². The fourth-order valence-corrected chi connectivity index (χ4v) is 6.95. The van der Waals surface area contributed by atoms with E-state index in [9.17, 15) is 13.2 Å². The number of sulfonamides is 1. The lowest BCUT2D eigenvalue weighted by atomic mass is 10.1. The van der Waals surface area contributed by atoms with Crippen molar-refractivity contribution >= 4 is 44.7 Å². The van der Waals surface area contributed by atoms with Crippen molar-refractivity contribution in [2.75, 3.05) is 18.8 Å². The minimum Gasteiger partial charge on any atom is -0.467 e. The summed E-state index contributed by atoms with van der Waals surface area (Å²) in [7, 11) is -3.63. The molecule has 198 valence electrons. The Labute approximate surface area is 228 Å². The van der Waals surface area contributed by atoms with Gasteiger partial charge in [-0.2, -0.15) is 9.41 Å². The van der Waals surface area contributed by atoms with Gasteiger partial charge in [-0.25, -0.2) is 13.4 Å². The third kappa shape index (κ3) is 5.32. The third-order valence-electron chi connectivity index (χ3n) is 5.99. The molecular weight excluding hydrogens is 547 g/mol. The van der Waals surface area contributed by atoms with Crippen molar-refractivity contribution < 1.29 is 22.0 Å². The maximum Gasteiger partial charge on any atom is 0.277 e. The average Bonchev–Trinajstić information content (AvgIpc) is 3.74. The SMILES string of the molecule is CCN(CC)S(=O)(=O)c1cccc(-c2nnc(SCC(=O)N3N=C(c4cccs4)CC3c3ccco3)o2)c1. The quantitative estimate of drug-likeness (QED) is 0.247. The van der Waals surface area contributed by atoms with Crippen LogP contribution in [0.25, 0.3) is 11.5 Å². The fraction of sp³-hybridized carbons (Fsp3) is 0.280. The first-order valence-corrected chi connectivity index (χ1v) is 15.2. The van der Waals surface area contributed by atoms with Crippen molar-refractivity contribution in [2.24, 2.45) is 5.10 Å². The monoisotopic (exact) mass is 571 g/mol. The van der Waals surface area contributed by atoms with Gasteiger partial charge in [-0.05, 0) is 41.8 Å². The van der Waals surface area contributed by atoms with Crippen molar-refractivity contribution in [3.8, 4) is 11.5 Å². The first-order valence-electron chi connectivity index (χ1n) is 11.9. The maximum absolute atomic E-state index is 13.2. The number of carbonyl (C=O) groups is 1. The van der Waals surface area contributed by atoms with Gasteiger partial charge in [-0.15, -0.1) is 21.5 Å². The van der Waals surface area contributed by atoms with Crippen LogP contribution < -0.4 is 0 Å². The van der Waals surface area contributed by atoms with E-state index in [0.717, 1.165) is 22.4 Å². The Morgan fingerprint density at radius 1 is 1.16 bits per heavy atom. The van der Waals surface area contributed by atoms with Crippen LogP contribution in [0.4, 0.5) is 0 Å². The highest BCUT2D eigenvalue weighted by Gasteiger charge is 2.35. The van der Waals surface area contributed by atoms with Gasteiger partial charge < -0.3 is 8.83 Å². The minimum atomic E-state index is -3.63. The molecule has 1 atom stereocenters. The number of thiophene rings is 1. The van der Waals surface area contributed by atoms with Gasteiger partial charge in [0.15, 0.2) is 0 Å². The number of hydrazone groups is 1. The molecule has 0 saturated carbocycles. The highest BCUT2D eigenvalue weighted by Crippen LogP contribution is 2.35. The van der Waals surface area contributed by atoms with E-state index < -0.39 is 10.0 Å². The Balaban J connectivity index is 1.30. The number of benzene rings is 1. The number of carbonyl (C=O) groups excluding carboxylic acids is 1. The molecule has 1 amide bonds. The van der Waals surface area contributed by atoms with Crippen molar-refractivity contribution in [1.29, 1.82) is 0 Å². The molecule has 4 heterocycles. The molecule has 0 aliphatic carbocycles. The summed E-state index contributed by atoms with van der Waals surface area (Å²) in [5.41, 5.74) is 1.31. The molecule has 0 spiro atoms. The summed E-state index contributed by atoms with van der Waals surface area (Å²) in [4.78, 5) is 14.4. The number of nitrogens with zero attached hydrogens (tertiary/aromatic N) is 5. The van der Waals surface area contributed by atoms with E-state index >= 15 is 0 Å². The van der Waals surface area contributed by atoms with Gasteiger partial charge in [0.1, 0.15) is 11.8 Å². The van der Waals surface area contributed by atoms with Crippen LogP contribution in [0, 0.1) is 0 Å². The minimum absolute atomic E-state index is 0.0242. The second-order valence-electron chi connectivity index (χ2n) is 8.28. The lowest BCUT2D eigenvalue weighted by molar-refractivity contribution is -0.130. The number of hydrogen-bond donors (Lipinski definition) is 0. The van der Waals surface area contributed by atoms with E-state index in [4.69, 9.17) is 8.83 Å². The van der Waals surface area contributed by atoms with Gasteiger partial charge in [0.2, 0.25) is 15.9 Å². The zero-order valence-electron chi connectivity index (χ0n) is 20.7. The van der Waals surface area contributed by atoms with E-state index in [1.165, 1.54) is 21.4 Å². The zero-order chi connectivity index (χ0) is 26.7. The normalized spacial score (nSPS) is 15.8. The molecule has 1 unspecified atom stereocenters. The Morgan fingerprint density at radius 2 is 2.00 bits per heavy atom. The highest BCUT2D eigenvalue weighted by atomic mass is 32.2. The van der Waals surface area contributed by atoms with Crippen LogP contribution in [-0.4, -0.2) is 58.4 Å². The van der Waals surface area contributed by atoms with Gasteiger partial charge in [-0.1, -0.05) is 37.7 Å². The summed E-state index contributed by atoms with van der Waals surface area (Å²) < 4.78 is 38.5. The molecule has 1 aromatic carbocycles. The molecular formula is C25H25N5O5S3. The van der Waals surface area contributed by atoms with Crippen LogP contribution in [0.15, 0.2) is 84.2 Å². The van der Waals surface area contributed by atoms with E-state index in [1.807, 2.05) is 23.6 Å². The molecule has 3 aromatic heterocycles. The van der Waals surface area contributed by atoms with Gasteiger partial charge in [0.05, 0.1) is 27.5 Å². The topological polar surface area (TPSA) is 122 Å². The van der Waals surface area contributed by atoms with Gasteiger partial charge >= 0.3 is 0 Å². The lowest BCUT2D eigenvalue weighted by Gasteiger charge is -2.19. The van der Waals surface area contributed by atoms with Crippen LogP contribution in [-0.2, 0) is 14.8 Å². The smallest absolute Gasteiger partial charge is 0.277 e. The summed E-state index contributed by atoms with van der Waals surface area (Å²) >= 11 is 2.67. The van der Waals surface area contributed by atoms with E-state index in [0.29, 0.717) is 30.8 Å². The number of hydrogen-bond acceptors (Lipinski definition) is 10. The molecule has 10 nitrogen and oxygen atoms in total. The van der Waals surface area contributed by atoms with Crippen LogP contribution in [0.1, 0.15) is 36.9 Å². The number of rotatable bonds is 10. The number of amides is 1. The van der Waals surface area contributed by atoms with Crippen molar-refractivity contribution in [3.05, 3.63) is 70.8 Å². The van der Waals surface area contributed by atoms with Crippen molar-refractivity contribution in [1.82, 2.24) is 19.5 Å². The maximum atomic E-state index is 13.2. The Hall–Kier alpha value is -3.26. The molecule has 5 rings (SSSR count). The van der Waals surface area contributed by atoms with E-state index in [2.05, 4.69) is 15.3 Å². The molecule has 0 saturated heterocycles. The van der Waals surface area contributed by atoms with Gasteiger partial charge in [0.25, 0.3) is 11.1 Å². The molecule has 0 bridgehead atoms. The molecule has 38 heavy (non-hydrogen) atoms. The Kier molecular flexibility index (Phi) is 7.79. The van der Waals surface area contributed by atoms with Crippen molar-refractivity contribution in [2.45, 2.75) is 36.4 Å². The molecule has 4 aromatic rings. The molecule has 13 heteroatoms. The Bertz CT molecular complexity index is 1530. The molecule has 1 aliphatic rings. The van der Waals surface area contributed by atoms with Crippen LogP contribution >= 0.6 is 23.1 Å². The predicted molar refractivity (Wildman–Crippen MR) is 144 cm³/mol. The molecule has 0 fully saturated rings. The summed E-state index contributed by atoms with van der Waals surface area (Å²) in [6.45, 7) is 4.33. The summed E-state index contributed by atoms with van der Waals surface area (Å²) in [6, 6.07) is 13.6. The van der Waals surface area contributed by atoms with Gasteiger partial charge in [0, 0.05) is 25.1 Å². The molecule has 1 aliphatic heterocycles. The second kappa shape index (κ2) is 11.2. The number of thioether (sulfide) groups is 1. The first-order chi connectivity index (χ1) is 18.4. The lowest BCUT2D eigenvalue weighted by Crippen LogP contribution is -2.30. The largest absolute Gasteiger partial charge is 0.467 e. The highest BCUT2D eigenvalue weighted by molar-refractivity contribution is 7.99. The Morgan fingerprint density at radius 3 is 2.71 bits per heavy atom. The number of aromatic nitrogens is 2. The molecule has 0 radical (unpaired) electrons. The zero-order valence-corrected chi connectivity index (χ0v) is 23.1. The van der Waals surface area contributed by atoms with E-state index in [1.54, 1.807) is 49.6 Å². The number of furan rings is 1. The van der Waals surface area contributed by atoms with Crippen LogP contribution in [0.2, 0.25) is 0 Å². The summed E-state index contributed by atoms with van der Waals surface area (Å²) in [6.07, 6.45) is 2.14. The third-order valence-corrected chi connectivity index (χ3v) is 9.76. The standard InChI is InChI=1S/C25H25N5O5S3/c1-3-29(4-2)38(32,33)18-9-5-8-17(14-18)24-26-27-25(35-24)37-16-23(31)30-20(21-10-6-12-34-21)15-19(28-30)22-11-7-13-36-22/h5-14,20H,3-4,15-16H2,1-2H3. The van der Waals surface area contributed by atoms with E-state index in [-0.39, 0.29) is 33.7 Å². The average molecular weight is 572 g/mol. The van der Waals surface area contributed by atoms with Gasteiger partial charge in [-0.3, -0.25) is 4.79 Å². The second-order valence-corrected chi connectivity index (χ2v) is 12.1.